The van der Waals surface area contributed by atoms with E-state index in [2.05, 4.69) is 23.7 Å². The van der Waals surface area contributed by atoms with Gasteiger partial charge < -0.3 is 4.98 Å². The van der Waals surface area contributed by atoms with Gasteiger partial charge in [-0.15, -0.1) is 0 Å². The molecular weight excluding hydrogens is 212 g/mol. The zero-order valence-corrected chi connectivity index (χ0v) is 10.8. The van der Waals surface area contributed by atoms with Crippen molar-refractivity contribution in [2.24, 2.45) is 11.8 Å². The highest BCUT2D eigenvalue weighted by Crippen LogP contribution is 2.24. The monoisotopic (exact) mass is 234 g/mol. The number of rotatable bonds is 4. The quantitative estimate of drug-likeness (QED) is 0.813. The highest BCUT2D eigenvalue weighted by atomic mass is 16.1. The van der Waals surface area contributed by atoms with Gasteiger partial charge in [-0.25, -0.2) is 0 Å². The molecule has 0 radical (unpaired) electrons. The van der Waals surface area contributed by atoms with E-state index in [0.29, 0.717) is 6.54 Å². The van der Waals surface area contributed by atoms with E-state index in [1.807, 2.05) is 12.1 Å². The van der Waals surface area contributed by atoms with Crippen LogP contribution in [0.2, 0.25) is 0 Å². The van der Waals surface area contributed by atoms with E-state index in [4.69, 9.17) is 0 Å². The third-order valence-corrected chi connectivity index (χ3v) is 3.84. The molecule has 3 nitrogen and oxygen atoms in total. The third kappa shape index (κ3) is 3.19. The van der Waals surface area contributed by atoms with Crippen molar-refractivity contribution in [3.8, 4) is 0 Å². The van der Waals surface area contributed by atoms with Crippen LogP contribution in [0.5, 0.6) is 0 Å². The number of Topliss-reactive ketones (excluding diaryl/α,β-unsaturated/α-hetero) is 1. The minimum Gasteiger partial charge on any atom is -0.359 e. The summed E-state index contributed by atoms with van der Waals surface area (Å²) in [7, 11) is 0. The number of carbonyl (C=O) groups excluding carboxylic acids is 1. The first-order valence-electron chi connectivity index (χ1n) is 6.55. The molecule has 3 heteroatoms. The molecule has 0 unspecified atom stereocenters. The topological polar surface area (TPSA) is 36.1 Å². The predicted octanol–water partition coefficient (Wildman–Crippen LogP) is 2.57. The maximum absolute atomic E-state index is 11.9. The van der Waals surface area contributed by atoms with Crippen LogP contribution in [0, 0.1) is 11.8 Å². The average Bonchev–Trinajstić information content (AvgIpc) is 2.83. The summed E-state index contributed by atoms with van der Waals surface area (Å²) < 4.78 is 0. The van der Waals surface area contributed by atoms with E-state index in [9.17, 15) is 4.79 Å². The molecule has 0 aromatic carbocycles. The van der Waals surface area contributed by atoms with Crippen LogP contribution in [-0.2, 0) is 0 Å². The minimum absolute atomic E-state index is 0.206. The Bertz CT molecular complexity index is 348. The van der Waals surface area contributed by atoms with Crippen molar-refractivity contribution in [1.29, 1.82) is 0 Å². The summed E-state index contributed by atoms with van der Waals surface area (Å²) >= 11 is 0. The van der Waals surface area contributed by atoms with Crippen molar-refractivity contribution >= 4 is 5.78 Å². The predicted molar refractivity (Wildman–Crippen MR) is 69.1 cm³/mol. The molecule has 1 aliphatic rings. The van der Waals surface area contributed by atoms with Crippen LogP contribution in [0.3, 0.4) is 0 Å². The van der Waals surface area contributed by atoms with Gasteiger partial charge in [-0.05, 0) is 49.9 Å². The van der Waals surface area contributed by atoms with E-state index < -0.39 is 0 Å². The highest BCUT2D eigenvalue weighted by Gasteiger charge is 2.23. The Morgan fingerprint density at radius 3 is 2.71 bits per heavy atom. The van der Waals surface area contributed by atoms with Gasteiger partial charge in [0.05, 0.1) is 12.2 Å². The molecule has 0 amide bonds. The first-order chi connectivity index (χ1) is 8.16. The lowest BCUT2D eigenvalue weighted by atomic mass is 9.86. The van der Waals surface area contributed by atoms with Crippen molar-refractivity contribution in [2.75, 3.05) is 19.6 Å². The summed E-state index contributed by atoms with van der Waals surface area (Å²) in [6.07, 6.45) is 4.27. The Morgan fingerprint density at radius 1 is 1.47 bits per heavy atom. The summed E-state index contributed by atoms with van der Waals surface area (Å²) in [5.74, 6) is 1.82. The van der Waals surface area contributed by atoms with Crippen LogP contribution in [-0.4, -0.2) is 35.3 Å². The number of hydrogen-bond donors (Lipinski definition) is 1. The second-order valence-electron chi connectivity index (χ2n) is 5.36. The first-order valence-corrected chi connectivity index (χ1v) is 6.55. The zero-order chi connectivity index (χ0) is 12.3. The van der Waals surface area contributed by atoms with Crippen molar-refractivity contribution in [3.05, 3.63) is 24.0 Å². The van der Waals surface area contributed by atoms with Gasteiger partial charge in [0, 0.05) is 6.20 Å². The summed E-state index contributed by atoms with van der Waals surface area (Å²) in [6.45, 7) is 7.28. The second kappa shape index (κ2) is 5.50. The van der Waals surface area contributed by atoms with Gasteiger partial charge in [-0.1, -0.05) is 13.8 Å². The number of nitrogens with zero attached hydrogens (tertiary/aromatic N) is 1. The Morgan fingerprint density at radius 2 is 2.18 bits per heavy atom. The summed E-state index contributed by atoms with van der Waals surface area (Å²) in [4.78, 5) is 17.2. The zero-order valence-electron chi connectivity index (χ0n) is 10.8. The van der Waals surface area contributed by atoms with Crippen molar-refractivity contribution in [1.82, 2.24) is 9.88 Å². The number of ketones is 1. The van der Waals surface area contributed by atoms with E-state index in [1.165, 1.54) is 12.8 Å². The molecule has 1 saturated heterocycles. The maximum atomic E-state index is 11.9. The van der Waals surface area contributed by atoms with Crippen LogP contribution >= 0.6 is 0 Å². The molecule has 0 aliphatic carbocycles. The van der Waals surface area contributed by atoms with E-state index in [1.54, 1.807) is 6.20 Å². The largest absolute Gasteiger partial charge is 0.359 e. The molecule has 1 fully saturated rings. The fraction of sp³-hybridized carbons (Fsp3) is 0.643. The highest BCUT2D eigenvalue weighted by molar-refractivity contribution is 5.95. The molecule has 0 spiro atoms. The van der Waals surface area contributed by atoms with Gasteiger partial charge in [-0.3, -0.25) is 9.69 Å². The molecule has 17 heavy (non-hydrogen) atoms. The van der Waals surface area contributed by atoms with Gasteiger partial charge in [0.25, 0.3) is 0 Å². The Hall–Kier alpha value is -1.09. The fourth-order valence-corrected chi connectivity index (χ4v) is 2.57. The standard InChI is InChI=1S/C14H22N2O/c1-11(2)12-5-8-16(9-6-12)10-14(17)13-4-3-7-15-13/h3-4,7,11-12,15H,5-6,8-10H2,1-2H3. The molecule has 1 N–H and O–H groups in total. The molecule has 1 aliphatic heterocycles. The molecule has 1 aromatic heterocycles. The molecule has 0 atom stereocenters. The lowest BCUT2D eigenvalue weighted by Crippen LogP contribution is -2.38. The van der Waals surface area contributed by atoms with Gasteiger partial charge in [-0.2, -0.15) is 0 Å². The molecule has 0 bridgehead atoms. The average molecular weight is 234 g/mol. The van der Waals surface area contributed by atoms with Crippen LogP contribution in [0.15, 0.2) is 18.3 Å². The minimum atomic E-state index is 0.206. The number of piperidine rings is 1. The normalized spacial score (nSPS) is 18.8. The molecule has 0 saturated carbocycles. The summed E-state index contributed by atoms with van der Waals surface area (Å²) in [5, 5.41) is 0. The number of aromatic amines is 1. The van der Waals surface area contributed by atoms with E-state index in [0.717, 1.165) is 30.6 Å². The number of hydrogen-bond acceptors (Lipinski definition) is 2. The first kappa shape index (κ1) is 12.4. The van der Waals surface area contributed by atoms with Crippen molar-refractivity contribution < 1.29 is 4.79 Å². The number of likely N-dealkylation sites (tertiary alicyclic amines) is 1. The number of H-pyrrole nitrogens is 1. The van der Waals surface area contributed by atoms with Crippen molar-refractivity contribution in [3.63, 3.8) is 0 Å². The van der Waals surface area contributed by atoms with Gasteiger partial charge in [0.15, 0.2) is 5.78 Å². The van der Waals surface area contributed by atoms with Crippen LogP contribution in [0.1, 0.15) is 37.2 Å². The Labute approximate surface area is 103 Å². The lowest BCUT2D eigenvalue weighted by Gasteiger charge is -2.33. The third-order valence-electron chi connectivity index (χ3n) is 3.84. The SMILES string of the molecule is CC(C)C1CCN(CC(=O)c2ccc[nH]2)CC1. The second-order valence-corrected chi connectivity index (χ2v) is 5.36. The van der Waals surface area contributed by atoms with E-state index >= 15 is 0 Å². The molecule has 94 valence electrons. The molecule has 2 rings (SSSR count). The Balaban J connectivity index is 1.80. The smallest absolute Gasteiger partial charge is 0.192 e. The maximum Gasteiger partial charge on any atom is 0.192 e. The number of carbonyl (C=O) groups is 1. The molecular formula is C14H22N2O. The van der Waals surface area contributed by atoms with Crippen LogP contribution < -0.4 is 0 Å². The number of aromatic nitrogens is 1. The van der Waals surface area contributed by atoms with Gasteiger partial charge in [0.1, 0.15) is 0 Å². The molecule has 2 heterocycles. The fourth-order valence-electron chi connectivity index (χ4n) is 2.57. The van der Waals surface area contributed by atoms with Gasteiger partial charge >= 0.3 is 0 Å². The summed E-state index contributed by atoms with van der Waals surface area (Å²) in [5.41, 5.74) is 0.732. The summed E-state index contributed by atoms with van der Waals surface area (Å²) in [6, 6.07) is 3.72. The number of nitrogens with one attached hydrogen (secondary N) is 1. The Kier molecular flexibility index (Phi) is 4.00. The van der Waals surface area contributed by atoms with Crippen molar-refractivity contribution in [2.45, 2.75) is 26.7 Å². The van der Waals surface area contributed by atoms with Crippen LogP contribution in [0.25, 0.3) is 0 Å². The molecule has 1 aromatic rings. The lowest BCUT2D eigenvalue weighted by molar-refractivity contribution is 0.0875. The van der Waals surface area contributed by atoms with E-state index in [-0.39, 0.29) is 5.78 Å². The van der Waals surface area contributed by atoms with Crippen LogP contribution in [0.4, 0.5) is 0 Å². The van der Waals surface area contributed by atoms with Gasteiger partial charge in [0.2, 0.25) is 0 Å².